The Kier molecular flexibility index (Phi) is 9.49. The summed E-state index contributed by atoms with van der Waals surface area (Å²) >= 11 is 0. The number of aliphatic hydroxyl groups excluding tert-OH is 3. The number of carbonyl (C=O) groups is 1. The summed E-state index contributed by atoms with van der Waals surface area (Å²) in [5.74, 6) is -0.482. The molecule has 3 rings (SSSR count). The average molecular weight is 507 g/mol. The number of rotatable bonds is 11. The van der Waals surface area contributed by atoms with Crippen molar-refractivity contribution in [3.05, 3.63) is 70.6 Å². The Morgan fingerprint density at radius 1 is 0.865 bits per heavy atom. The Balaban J connectivity index is 1.94. The van der Waals surface area contributed by atoms with Gasteiger partial charge in [0, 0.05) is 54.9 Å². The van der Waals surface area contributed by atoms with E-state index >= 15 is 0 Å². The van der Waals surface area contributed by atoms with E-state index < -0.39 is 0 Å². The molecule has 37 heavy (non-hydrogen) atoms. The van der Waals surface area contributed by atoms with Gasteiger partial charge in [0.2, 0.25) is 5.78 Å². The third kappa shape index (κ3) is 6.39. The van der Waals surface area contributed by atoms with E-state index in [9.17, 15) is 20.1 Å². The summed E-state index contributed by atoms with van der Waals surface area (Å²) in [5.41, 5.74) is 6.60. The van der Waals surface area contributed by atoms with Gasteiger partial charge < -0.3 is 30.4 Å². The van der Waals surface area contributed by atoms with Crippen LogP contribution >= 0.6 is 0 Å². The van der Waals surface area contributed by atoms with Crippen molar-refractivity contribution in [2.24, 2.45) is 4.99 Å². The number of anilines is 3. The van der Waals surface area contributed by atoms with Crippen molar-refractivity contribution in [2.75, 3.05) is 54.5 Å². The minimum Gasteiger partial charge on any atom is -0.506 e. The molecule has 4 N–H and O–H groups in total. The molecule has 0 aromatic heterocycles. The highest BCUT2D eigenvalue weighted by molar-refractivity contribution is 6.51. The summed E-state index contributed by atoms with van der Waals surface area (Å²) in [4.78, 5) is 21.7. The Bertz CT molecular complexity index is 1230. The van der Waals surface area contributed by atoms with E-state index in [0.717, 1.165) is 41.3 Å². The van der Waals surface area contributed by atoms with Crippen LogP contribution in [0.3, 0.4) is 0 Å². The van der Waals surface area contributed by atoms with E-state index in [2.05, 4.69) is 20.1 Å². The topological polar surface area (TPSA) is 109 Å². The lowest BCUT2D eigenvalue weighted by Crippen LogP contribution is -2.26. The molecular weight excluding hydrogens is 468 g/mol. The van der Waals surface area contributed by atoms with Gasteiger partial charge in [0.15, 0.2) is 0 Å². The standard InChI is InChI=1S/C29H38N4O4/c1-6-32(12-14-34)22-8-10-24(19(3)16-22)30-28-21(5)29(27(37)18-26(28)36)31-25-11-9-23(17-20(25)4)33(7-2)13-15-35/h8-11,16-18,30,34-36H,6-7,12-15H2,1-5H3. The molecule has 0 spiro atoms. The predicted molar refractivity (Wildman–Crippen MR) is 151 cm³/mol. The van der Waals surface area contributed by atoms with Crippen LogP contribution in [-0.2, 0) is 4.79 Å². The first kappa shape index (κ1) is 28.0. The Hall–Kier alpha value is -3.62. The minimum atomic E-state index is -0.353. The number of carbonyl (C=O) groups excluding carboxylic acids is 1. The van der Waals surface area contributed by atoms with Gasteiger partial charge in [-0.1, -0.05) is 0 Å². The summed E-state index contributed by atoms with van der Waals surface area (Å²) in [6, 6.07) is 11.7. The number of hydrogen-bond donors (Lipinski definition) is 4. The number of nitrogens with zero attached hydrogens (tertiary/aromatic N) is 3. The Morgan fingerprint density at radius 2 is 1.43 bits per heavy atom. The van der Waals surface area contributed by atoms with Crippen LogP contribution in [0, 0.1) is 13.8 Å². The first-order valence-electron chi connectivity index (χ1n) is 12.7. The molecular formula is C29H38N4O4. The van der Waals surface area contributed by atoms with Crippen molar-refractivity contribution in [3.8, 4) is 0 Å². The summed E-state index contributed by atoms with van der Waals surface area (Å²) in [6.45, 7) is 12.6. The van der Waals surface area contributed by atoms with Crippen LogP contribution < -0.4 is 15.1 Å². The summed E-state index contributed by atoms with van der Waals surface area (Å²) in [5, 5.41) is 32.6. The number of aryl methyl sites for hydroxylation is 2. The summed E-state index contributed by atoms with van der Waals surface area (Å²) in [6.07, 6.45) is 1.20. The highest BCUT2D eigenvalue weighted by Crippen LogP contribution is 2.30. The number of benzene rings is 2. The van der Waals surface area contributed by atoms with Crippen LogP contribution in [0.25, 0.3) is 0 Å². The zero-order valence-electron chi connectivity index (χ0n) is 22.4. The van der Waals surface area contributed by atoms with Gasteiger partial charge in [-0.2, -0.15) is 0 Å². The van der Waals surface area contributed by atoms with E-state index in [-0.39, 0.29) is 30.5 Å². The highest BCUT2D eigenvalue weighted by Gasteiger charge is 2.25. The van der Waals surface area contributed by atoms with Gasteiger partial charge in [0.1, 0.15) is 11.5 Å². The van der Waals surface area contributed by atoms with E-state index in [0.29, 0.717) is 30.0 Å². The number of allylic oxidation sites excluding steroid dienone is 2. The van der Waals surface area contributed by atoms with Gasteiger partial charge in [0.05, 0.1) is 24.6 Å². The van der Waals surface area contributed by atoms with Gasteiger partial charge in [0.25, 0.3) is 0 Å². The number of likely N-dealkylation sites (N-methyl/N-ethyl adjacent to an activating group) is 2. The van der Waals surface area contributed by atoms with Crippen LogP contribution in [-0.4, -0.2) is 66.2 Å². The van der Waals surface area contributed by atoms with Crippen LogP contribution in [0.5, 0.6) is 0 Å². The molecule has 0 saturated carbocycles. The SMILES string of the molecule is CCN(CCO)c1ccc(N=C2C(=O)C=C(O)C(Nc3ccc(N(CC)CCO)cc3C)=C2C)c(C)c1. The van der Waals surface area contributed by atoms with E-state index in [1.807, 2.05) is 64.1 Å². The summed E-state index contributed by atoms with van der Waals surface area (Å²) in [7, 11) is 0. The van der Waals surface area contributed by atoms with Crippen molar-refractivity contribution in [1.29, 1.82) is 0 Å². The smallest absolute Gasteiger partial charge is 0.208 e. The van der Waals surface area contributed by atoms with E-state index in [1.54, 1.807) is 6.92 Å². The van der Waals surface area contributed by atoms with Crippen molar-refractivity contribution >= 4 is 34.2 Å². The zero-order valence-corrected chi connectivity index (χ0v) is 22.4. The highest BCUT2D eigenvalue weighted by atomic mass is 16.3. The molecule has 0 bridgehead atoms. The van der Waals surface area contributed by atoms with E-state index in [4.69, 9.17) is 0 Å². The van der Waals surface area contributed by atoms with Gasteiger partial charge in [-0.05, 0) is 82.1 Å². The van der Waals surface area contributed by atoms with Crippen LogP contribution in [0.15, 0.2) is 64.5 Å². The van der Waals surface area contributed by atoms with Gasteiger partial charge >= 0.3 is 0 Å². The molecule has 0 fully saturated rings. The zero-order chi connectivity index (χ0) is 27.1. The third-order valence-electron chi connectivity index (χ3n) is 6.60. The third-order valence-corrected chi connectivity index (χ3v) is 6.60. The maximum atomic E-state index is 12.8. The monoisotopic (exact) mass is 506 g/mol. The molecule has 0 aliphatic heterocycles. The quantitative estimate of drug-likeness (QED) is 0.334. The summed E-state index contributed by atoms with van der Waals surface area (Å²) < 4.78 is 0. The van der Waals surface area contributed by atoms with Gasteiger partial charge in [-0.15, -0.1) is 0 Å². The maximum absolute atomic E-state index is 12.8. The number of aliphatic hydroxyl groups is 3. The molecule has 1 aliphatic carbocycles. The minimum absolute atomic E-state index is 0.0722. The molecule has 8 nitrogen and oxygen atoms in total. The molecule has 0 radical (unpaired) electrons. The van der Waals surface area contributed by atoms with Crippen molar-refractivity contribution < 1.29 is 20.1 Å². The van der Waals surface area contributed by atoms with Crippen molar-refractivity contribution in [1.82, 2.24) is 0 Å². The lowest BCUT2D eigenvalue weighted by molar-refractivity contribution is -0.109. The number of ketones is 1. The predicted octanol–water partition coefficient (Wildman–Crippen LogP) is 4.42. The molecule has 0 atom stereocenters. The second-order valence-corrected chi connectivity index (χ2v) is 9.06. The van der Waals surface area contributed by atoms with Gasteiger partial charge in [-0.3, -0.25) is 4.79 Å². The number of aliphatic imine (C=N–C) groups is 1. The molecule has 0 heterocycles. The Morgan fingerprint density at radius 3 is 1.95 bits per heavy atom. The van der Waals surface area contributed by atoms with Crippen LogP contribution in [0.4, 0.5) is 22.7 Å². The molecule has 0 unspecified atom stereocenters. The second kappa shape index (κ2) is 12.6. The van der Waals surface area contributed by atoms with Crippen molar-refractivity contribution in [3.63, 3.8) is 0 Å². The second-order valence-electron chi connectivity index (χ2n) is 9.06. The first-order valence-corrected chi connectivity index (χ1v) is 12.7. The lowest BCUT2D eigenvalue weighted by atomic mass is 9.97. The average Bonchev–Trinajstić information content (AvgIpc) is 2.87. The molecule has 1 aliphatic rings. The van der Waals surface area contributed by atoms with Crippen LogP contribution in [0.1, 0.15) is 31.9 Å². The molecule has 2 aromatic rings. The Labute approximate surface area is 219 Å². The number of nitrogens with one attached hydrogen (secondary N) is 1. The number of hydrogen-bond acceptors (Lipinski definition) is 8. The fraction of sp³-hybridized carbons (Fsp3) is 0.379. The molecule has 0 saturated heterocycles. The molecule has 2 aromatic carbocycles. The van der Waals surface area contributed by atoms with E-state index in [1.165, 1.54) is 6.08 Å². The van der Waals surface area contributed by atoms with Crippen molar-refractivity contribution in [2.45, 2.75) is 34.6 Å². The lowest BCUT2D eigenvalue weighted by Gasteiger charge is -2.24. The first-order chi connectivity index (χ1) is 17.7. The normalized spacial score (nSPS) is 14.7. The van der Waals surface area contributed by atoms with Gasteiger partial charge in [-0.25, -0.2) is 4.99 Å². The molecule has 8 heteroatoms. The molecule has 0 amide bonds. The molecule has 198 valence electrons. The fourth-order valence-corrected chi connectivity index (χ4v) is 4.44. The van der Waals surface area contributed by atoms with Crippen LogP contribution in [0.2, 0.25) is 0 Å². The maximum Gasteiger partial charge on any atom is 0.208 e. The largest absolute Gasteiger partial charge is 0.506 e. The fourth-order valence-electron chi connectivity index (χ4n) is 4.44.